The van der Waals surface area contributed by atoms with Crippen molar-refractivity contribution in [2.75, 3.05) is 6.54 Å². The monoisotopic (exact) mass is 402 g/mol. The smallest absolute Gasteiger partial charge is 0.407 e. The highest BCUT2D eigenvalue weighted by molar-refractivity contribution is 5.80. The second-order valence-electron chi connectivity index (χ2n) is 6.99. The lowest BCUT2D eigenvalue weighted by molar-refractivity contribution is 0.132. The third-order valence-corrected chi connectivity index (χ3v) is 5.25. The van der Waals surface area contributed by atoms with Crippen LogP contribution in [0.15, 0.2) is 48.8 Å². The van der Waals surface area contributed by atoms with Gasteiger partial charge in [0.05, 0.1) is 24.1 Å². The fraction of sp³-hybridized carbons (Fsp3) is 0.143. The van der Waals surface area contributed by atoms with Gasteiger partial charge in [-0.2, -0.15) is 5.26 Å². The Morgan fingerprint density at radius 1 is 1.13 bits per heavy atom. The number of rotatable bonds is 2. The Morgan fingerprint density at radius 2 is 1.90 bits per heavy atom. The van der Waals surface area contributed by atoms with Crippen molar-refractivity contribution < 1.29 is 14.3 Å². The number of nitriles is 1. The summed E-state index contributed by atoms with van der Waals surface area (Å²) >= 11 is 0. The summed E-state index contributed by atoms with van der Waals surface area (Å²) < 4.78 is 17.2. The molecule has 0 fully saturated rings. The van der Waals surface area contributed by atoms with Crippen LogP contribution >= 0.6 is 0 Å². The number of pyridine rings is 1. The molecule has 0 radical (unpaired) electrons. The molecule has 3 aromatic heterocycles. The average Bonchev–Trinajstić information content (AvgIpc) is 3.34. The van der Waals surface area contributed by atoms with Crippen molar-refractivity contribution in [2.24, 2.45) is 0 Å². The van der Waals surface area contributed by atoms with Crippen LogP contribution in [0.1, 0.15) is 11.5 Å². The number of carbonyl (C=O) groups is 1. The third-order valence-electron chi connectivity index (χ3n) is 5.25. The van der Waals surface area contributed by atoms with Crippen molar-refractivity contribution in [3.63, 3.8) is 0 Å². The van der Waals surface area contributed by atoms with Crippen LogP contribution in [0.2, 0.25) is 0 Å². The Labute approximate surface area is 170 Å². The molecule has 5 rings (SSSR count). The van der Waals surface area contributed by atoms with E-state index in [-0.39, 0.29) is 12.4 Å². The molecule has 1 aromatic carbocycles. The molecule has 30 heavy (non-hydrogen) atoms. The zero-order valence-corrected chi connectivity index (χ0v) is 15.7. The quantitative estimate of drug-likeness (QED) is 0.554. The van der Waals surface area contributed by atoms with Crippen LogP contribution in [-0.4, -0.2) is 41.6 Å². The van der Waals surface area contributed by atoms with Gasteiger partial charge < -0.3 is 9.67 Å². The molecule has 0 saturated carbocycles. The van der Waals surface area contributed by atoms with Gasteiger partial charge in [0.25, 0.3) is 0 Å². The summed E-state index contributed by atoms with van der Waals surface area (Å²) in [6.45, 7) is 0.948. The summed E-state index contributed by atoms with van der Waals surface area (Å²) in [6, 6.07) is 11.9. The van der Waals surface area contributed by atoms with E-state index in [1.165, 1.54) is 23.2 Å². The molecule has 0 bridgehead atoms. The van der Waals surface area contributed by atoms with Gasteiger partial charge in [0.1, 0.15) is 29.1 Å². The fourth-order valence-electron chi connectivity index (χ4n) is 3.80. The Balaban J connectivity index is 1.73. The van der Waals surface area contributed by atoms with Gasteiger partial charge in [-0.1, -0.05) is 0 Å². The molecule has 1 N–H and O–H groups in total. The summed E-state index contributed by atoms with van der Waals surface area (Å²) in [6.07, 6.45) is 2.34. The van der Waals surface area contributed by atoms with Gasteiger partial charge in [-0.05, 0) is 36.4 Å². The van der Waals surface area contributed by atoms with Crippen molar-refractivity contribution in [2.45, 2.75) is 13.1 Å². The molecule has 8 nitrogen and oxygen atoms in total. The molecular formula is C21H15FN6O2. The van der Waals surface area contributed by atoms with Crippen LogP contribution < -0.4 is 0 Å². The van der Waals surface area contributed by atoms with Gasteiger partial charge in [-0.3, -0.25) is 9.30 Å². The predicted octanol–water partition coefficient (Wildman–Crippen LogP) is 3.37. The van der Waals surface area contributed by atoms with Crippen LogP contribution in [0.5, 0.6) is 0 Å². The Bertz CT molecular complexity index is 1330. The largest absolute Gasteiger partial charge is 0.465 e. The Kier molecular flexibility index (Phi) is 3.99. The maximum Gasteiger partial charge on any atom is 0.407 e. The van der Waals surface area contributed by atoms with Crippen LogP contribution in [0.25, 0.3) is 28.2 Å². The first-order chi connectivity index (χ1) is 14.5. The molecule has 4 aromatic rings. The number of halogens is 1. The molecule has 148 valence electrons. The summed E-state index contributed by atoms with van der Waals surface area (Å²) in [5.74, 6) is 0.268. The maximum absolute atomic E-state index is 13.5. The van der Waals surface area contributed by atoms with E-state index in [2.05, 4.69) is 11.1 Å². The predicted molar refractivity (Wildman–Crippen MR) is 105 cm³/mol. The molecule has 1 aliphatic heterocycles. The third kappa shape index (κ3) is 2.78. The number of hydrogen-bond acceptors (Lipinski definition) is 4. The van der Waals surface area contributed by atoms with Gasteiger partial charge in [-0.15, -0.1) is 0 Å². The summed E-state index contributed by atoms with van der Waals surface area (Å²) in [4.78, 5) is 21.7. The van der Waals surface area contributed by atoms with Crippen LogP contribution in [0, 0.1) is 17.1 Å². The number of imidazole rings is 2. The minimum atomic E-state index is -0.993. The number of benzene rings is 1. The second-order valence-corrected chi connectivity index (χ2v) is 6.99. The zero-order valence-electron chi connectivity index (χ0n) is 15.7. The molecule has 0 atom stereocenters. The van der Waals surface area contributed by atoms with Crippen molar-refractivity contribution in [3.05, 3.63) is 66.1 Å². The number of fused-ring (bicyclic) bond motifs is 2. The number of aromatic nitrogens is 4. The van der Waals surface area contributed by atoms with E-state index in [4.69, 9.17) is 4.98 Å². The van der Waals surface area contributed by atoms with E-state index < -0.39 is 6.09 Å². The van der Waals surface area contributed by atoms with Crippen molar-refractivity contribution in [1.29, 1.82) is 5.26 Å². The van der Waals surface area contributed by atoms with E-state index in [9.17, 15) is 19.6 Å². The van der Waals surface area contributed by atoms with Gasteiger partial charge in [0.2, 0.25) is 0 Å². The summed E-state index contributed by atoms with van der Waals surface area (Å²) in [5.41, 5.74) is 4.01. The lowest BCUT2D eigenvalue weighted by Gasteiger charge is -2.26. The molecule has 1 amide bonds. The zero-order chi connectivity index (χ0) is 20.8. The lowest BCUT2D eigenvalue weighted by Crippen LogP contribution is -2.37. The summed E-state index contributed by atoms with van der Waals surface area (Å²) in [5, 5.41) is 18.7. The minimum absolute atomic E-state index is 0.167. The topological polar surface area (TPSA) is 99.5 Å². The van der Waals surface area contributed by atoms with E-state index in [0.29, 0.717) is 35.9 Å². The standard InChI is InChI=1S/C21H15FN6O2/c22-15-4-1-13(2-5-15)19-20(27-8-7-26(21(29)30)12-18(27)25-19)14-3-6-17-24-10-16(9-23)28(17)11-14/h1-6,10-11H,7-8,12H2,(H,29,30). The molecule has 4 heterocycles. The summed E-state index contributed by atoms with van der Waals surface area (Å²) in [7, 11) is 0. The molecule has 0 aliphatic carbocycles. The molecule has 0 unspecified atom stereocenters. The lowest BCUT2D eigenvalue weighted by atomic mass is 10.1. The second kappa shape index (κ2) is 6.70. The maximum atomic E-state index is 13.5. The molecule has 0 saturated heterocycles. The number of amides is 1. The van der Waals surface area contributed by atoms with Gasteiger partial charge >= 0.3 is 6.09 Å². The average molecular weight is 402 g/mol. The van der Waals surface area contributed by atoms with Crippen LogP contribution in [0.4, 0.5) is 9.18 Å². The minimum Gasteiger partial charge on any atom is -0.465 e. The van der Waals surface area contributed by atoms with Crippen LogP contribution in [-0.2, 0) is 13.1 Å². The highest BCUT2D eigenvalue weighted by Crippen LogP contribution is 2.35. The van der Waals surface area contributed by atoms with E-state index >= 15 is 0 Å². The van der Waals surface area contributed by atoms with Gasteiger partial charge in [0.15, 0.2) is 0 Å². The van der Waals surface area contributed by atoms with E-state index in [1.807, 2.05) is 22.9 Å². The Hall–Kier alpha value is -4.19. The number of carboxylic acid groups (broad SMARTS) is 1. The molecule has 0 spiro atoms. The van der Waals surface area contributed by atoms with Crippen LogP contribution in [0.3, 0.4) is 0 Å². The van der Waals surface area contributed by atoms with Crippen molar-refractivity contribution >= 4 is 11.7 Å². The fourth-order valence-corrected chi connectivity index (χ4v) is 3.80. The van der Waals surface area contributed by atoms with E-state index in [0.717, 1.165) is 16.8 Å². The van der Waals surface area contributed by atoms with Crippen molar-refractivity contribution in [3.8, 4) is 28.6 Å². The first-order valence-corrected chi connectivity index (χ1v) is 9.26. The first-order valence-electron chi connectivity index (χ1n) is 9.26. The highest BCUT2D eigenvalue weighted by Gasteiger charge is 2.27. The molecular weight excluding hydrogens is 387 g/mol. The normalized spacial score (nSPS) is 13.3. The Morgan fingerprint density at radius 3 is 2.63 bits per heavy atom. The first kappa shape index (κ1) is 17.9. The van der Waals surface area contributed by atoms with E-state index in [1.54, 1.807) is 16.5 Å². The molecule has 9 heteroatoms. The highest BCUT2D eigenvalue weighted by atomic mass is 19.1. The number of nitrogens with zero attached hydrogens (tertiary/aromatic N) is 6. The van der Waals surface area contributed by atoms with Gasteiger partial charge in [-0.25, -0.2) is 19.2 Å². The van der Waals surface area contributed by atoms with Crippen molar-refractivity contribution in [1.82, 2.24) is 23.8 Å². The SMILES string of the molecule is N#Cc1cnc2ccc(-c3c(-c4ccc(F)cc4)nc4n3CCN(C(=O)O)C4)cn12. The molecule has 1 aliphatic rings. The van der Waals surface area contributed by atoms with Gasteiger partial charge in [0, 0.05) is 30.4 Å². The number of hydrogen-bond donors (Lipinski definition) is 1.